The van der Waals surface area contributed by atoms with Crippen molar-refractivity contribution < 1.29 is 14.4 Å². The zero-order chi connectivity index (χ0) is 21.7. The number of imide groups is 1. The fourth-order valence-corrected chi connectivity index (χ4v) is 5.73. The van der Waals surface area contributed by atoms with Gasteiger partial charge in [-0.3, -0.25) is 15.0 Å². The highest BCUT2D eigenvalue weighted by Gasteiger charge is 2.52. The van der Waals surface area contributed by atoms with E-state index in [1.54, 1.807) is 0 Å². The van der Waals surface area contributed by atoms with Gasteiger partial charge in [-0.05, 0) is 70.6 Å². The van der Waals surface area contributed by atoms with Crippen LogP contribution >= 0.6 is 0 Å². The summed E-state index contributed by atoms with van der Waals surface area (Å²) in [4.78, 5) is 42.5. The molecule has 4 fully saturated rings. The Hall–Kier alpha value is -1.67. The van der Waals surface area contributed by atoms with E-state index in [0.29, 0.717) is 25.8 Å². The average molecular weight is 434 g/mol. The fraction of sp³-hybridized carbons (Fsp3) is 0.870. The van der Waals surface area contributed by atoms with E-state index in [4.69, 9.17) is 0 Å². The number of hydrogen-bond acceptors (Lipinski definition) is 5. The molecular formula is C23H39N5O3. The number of hydrogen-bond donors (Lipinski definition) is 2. The molecule has 0 aromatic rings. The van der Waals surface area contributed by atoms with Crippen LogP contribution in [0.5, 0.6) is 0 Å². The summed E-state index contributed by atoms with van der Waals surface area (Å²) in [5.41, 5.74) is 1.76. The number of nitrogens with zero attached hydrogens (tertiary/aromatic N) is 3. The molecule has 8 nitrogen and oxygen atoms in total. The third-order valence-electron chi connectivity index (χ3n) is 7.68. The maximum absolute atomic E-state index is 12.8. The second-order valence-electron chi connectivity index (χ2n) is 10.00. The first-order valence-corrected chi connectivity index (χ1v) is 12.5. The normalized spacial score (nSPS) is 26.1. The molecule has 3 aliphatic heterocycles. The second kappa shape index (κ2) is 10.3. The van der Waals surface area contributed by atoms with Crippen LogP contribution in [0.3, 0.4) is 0 Å². The molecule has 3 heterocycles. The van der Waals surface area contributed by atoms with Gasteiger partial charge in [0.15, 0.2) is 0 Å². The fourth-order valence-electron chi connectivity index (χ4n) is 5.73. The maximum atomic E-state index is 12.8. The lowest BCUT2D eigenvalue weighted by molar-refractivity contribution is -0.140. The molecule has 2 N–H and O–H groups in total. The molecule has 4 rings (SSSR count). The number of amides is 4. The third-order valence-corrected chi connectivity index (χ3v) is 7.68. The largest absolute Gasteiger partial charge is 0.344 e. The molecule has 0 radical (unpaired) electrons. The van der Waals surface area contributed by atoms with Crippen molar-refractivity contribution in [3.63, 3.8) is 0 Å². The van der Waals surface area contributed by atoms with Gasteiger partial charge in [-0.2, -0.15) is 5.01 Å². The van der Waals surface area contributed by atoms with Crippen LogP contribution in [-0.2, 0) is 9.59 Å². The van der Waals surface area contributed by atoms with Crippen molar-refractivity contribution in [2.24, 2.45) is 5.92 Å². The van der Waals surface area contributed by atoms with Gasteiger partial charge < -0.3 is 15.1 Å². The van der Waals surface area contributed by atoms with Gasteiger partial charge in [0, 0.05) is 19.5 Å². The maximum Gasteiger partial charge on any atom is 0.344 e. The van der Waals surface area contributed by atoms with E-state index in [9.17, 15) is 14.4 Å². The number of hydrazine groups is 1. The van der Waals surface area contributed by atoms with Gasteiger partial charge >= 0.3 is 6.03 Å². The van der Waals surface area contributed by atoms with Crippen LogP contribution in [0.2, 0.25) is 0 Å². The zero-order valence-electron chi connectivity index (χ0n) is 18.9. The SMILES string of the molecule is O=C(CCN1CCC(CN2CCCCCC2)CC1)NN1C(=O)NC2(CCCCC2)C1=O. The standard InChI is InChI=1S/C23H39N5O3/c29-20(25-28-21(30)23(24-22(28)31)11-4-3-5-12-23)10-17-26-15-8-19(9-16-26)18-27-13-6-1-2-7-14-27/h19H,1-18H2,(H,24,31)(H,25,29). The summed E-state index contributed by atoms with van der Waals surface area (Å²) in [6, 6.07) is -0.491. The highest BCUT2D eigenvalue weighted by Crippen LogP contribution is 2.33. The van der Waals surface area contributed by atoms with Crippen molar-refractivity contribution in [1.29, 1.82) is 0 Å². The van der Waals surface area contributed by atoms with Gasteiger partial charge in [0.05, 0.1) is 0 Å². The molecule has 0 atom stereocenters. The minimum absolute atomic E-state index is 0.261. The van der Waals surface area contributed by atoms with Crippen molar-refractivity contribution in [2.45, 2.75) is 82.6 Å². The molecule has 4 amide bonds. The van der Waals surface area contributed by atoms with Crippen LogP contribution in [0.15, 0.2) is 0 Å². The molecular weight excluding hydrogens is 394 g/mol. The van der Waals surface area contributed by atoms with Crippen molar-refractivity contribution in [2.75, 3.05) is 39.3 Å². The summed E-state index contributed by atoms with van der Waals surface area (Å²) >= 11 is 0. The highest BCUT2D eigenvalue weighted by atomic mass is 16.2. The van der Waals surface area contributed by atoms with E-state index in [1.165, 1.54) is 58.2 Å². The van der Waals surface area contributed by atoms with Crippen molar-refractivity contribution >= 4 is 17.8 Å². The number of rotatable bonds is 6. The number of piperidine rings is 1. The Bertz CT molecular complexity index is 648. The molecule has 1 aliphatic carbocycles. The lowest BCUT2D eigenvalue weighted by Crippen LogP contribution is -2.51. The summed E-state index contributed by atoms with van der Waals surface area (Å²) in [5, 5.41) is 3.75. The smallest absolute Gasteiger partial charge is 0.322 e. The number of urea groups is 1. The quantitative estimate of drug-likeness (QED) is 0.628. The predicted octanol–water partition coefficient (Wildman–Crippen LogP) is 2.25. The minimum atomic E-state index is -0.794. The Morgan fingerprint density at radius 1 is 0.903 bits per heavy atom. The average Bonchev–Trinajstić information content (AvgIpc) is 2.96. The molecule has 4 aliphatic rings. The Morgan fingerprint density at radius 2 is 1.55 bits per heavy atom. The van der Waals surface area contributed by atoms with Gasteiger partial charge in [-0.15, -0.1) is 0 Å². The van der Waals surface area contributed by atoms with Gasteiger partial charge in [-0.25, -0.2) is 4.79 Å². The summed E-state index contributed by atoms with van der Waals surface area (Å²) in [7, 11) is 0. The van der Waals surface area contributed by atoms with E-state index in [0.717, 1.165) is 43.3 Å². The lowest BCUT2D eigenvalue weighted by atomic mass is 9.82. The third kappa shape index (κ3) is 5.58. The molecule has 0 aromatic carbocycles. The Kier molecular flexibility index (Phi) is 7.48. The molecule has 174 valence electrons. The first-order chi connectivity index (χ1) is 15.1. The number of carbonyl (C=O) groups excluding carboxylic acids is 3. The topological polar surface area (TPSA) is 85.0 Å². The Morgan fingerprint density at radius 3 is 2.23 bits per heavy atom. The summed E-state index contributed by atoms with van der Waals surface area (Å²) in [6.45, 7) is 6.46. The van der Waals surface area contributed by atoms with Crippen molar-refractivity contribution in [3.05, 3.63) is 0 Å². The van der Waals surface area contributed by atoms with E-state index >= 15 is 0 Å². The number of carbonyl (C=O) groups is 3. The molecule has 1 spiro atoms. The van der Waals surface area contributed by atoms with Crippen LogP contribution in [-0.4, -0.2) is 77.5 Å². The van der Waals surface area contributed by atoms with Crippen LogP contribution in [0.4, 0.5) is 4.79 Å². The van der Waals surface area contributed by atoms with Gasteiger partial charge in [0.2, 0.25) is 5.91 Å². The summed E-state index contributed by atoms with van der Waals surface area (Å²) < 4.78 is 0. The van der Waals surface area contributed by atoms with E-state index in [2.05, 4.69) is 20.5 Å². The van der Waals surface area contributed by atoms with Gasteiger partial charge in [0.1, 0.15) is 5.54 Å². The molecule has 0 bridgehead atoms. The Balaban J connectivity index is 1.16. The van der Waals surface area contributed by atoms with E-state index < -0.39 is 11.6 Å². The number of likely N-dealkylation sites (tertiary alicyclic amines) is 2. The summed E-state index contributed by atoms with van der Waals surface area (Å²) in [6.07, 6.45) is 12.4. The van der Waals surface area contributed by atoms with Gasteiger partial charge in [0.25, 0.3) is 5.91 Å². The van der Waals surface area contributed by atoms with Crippen LogP contribution < -0.4 is 10.7 Å². The van der Waals surface area contributed by atoms with E-state index in [-0.39, 0.29) is 11.8 Å². The zero-order valence-corrected chi connectivity index (χ0v) is 18.9. The monoisotopic (exact) mass is 433 g/mol. The highest BCUT2D eigenvalue weighted by molar-refractivity contribution is 6.08. The van der Waals surface area contributed by atoms with Gasteiger partial charge in [-0.1, -0.05) is 32.1 Å². The summed E-state index contributed by atoms with van der Waals surface area (Å²) in [5.74, 6) is 0.212. The van der Waals surface area contributed by atoms with Crippen LogP contribution in [0.25, 0.3) is 0 Å². The molecule has 1 saturated carbocycles. The first-order valence-electron chi connectivity index (χ1n) is 12.5. The molecule has 8 heteroatoms. The second-order valence-corrected chi connectivity index (χ2v) is 10.00. The number of nitrogens with one attached hydrogen (secondary N) is 2. The Labute approximate surface area is 186 Å². The van der Waals surface area contributed by atoms with Crippen LogP contribution in [0.1, 0.15) is 77.0 Å². The van der Waals surface area contributed by atoms with Crippen molar-refractivity contribution in [3.8, 4) is 0 Å². The predicted molar refractivity (Wildman–Crippen MR) is 118 cm³/mol. The molecule has 3 saturated heterocycles. The minimum Gasteiger partial charge on any atom is -0.322 e. The molecule has 0 aromatic heterocycles. The lowest BCUT2D eigenvalue weighted by Gasteiger charge is -2.34. The van der Waals surface area contributed by atoms with E-state index in [1.807, 2.05) is 0 Å². The van der Waals surface area contributed by atoms with Crippen molar-refractivity contribution in [1.82, 2.24) is 25.6 Å². The first kappa shape index (κ1) is 22.5. The molecule has 31 heavy (non-hydrogen) atoms. The molecule has 0 unspecified atom stereocenters. The van der Waals surface area contributed by atoms with Crippen LogP contribution in [0, 0.1) is 5.92 Å².